The van der Waals surface area contributed by atoms with Crippen LogP contribution in [0, 0.1) is 0 Å². The summed E-state index contributed by atoms with van der Waals surface area (Å²) in [5, 5.41) is 11.2. The van der Waals surface area contributed by atoms with Crippen LogP contribution in [-0.4, -0.2) is 61.0 Å². The van der Waals surface area contributed by atoms with Crippen molar-refractivity contribution in [3.05, 3.63) is 72.9 Å². The Morgan fingerprint density at radius 3 is 2.61 bits per heavy atom. The summed E-state index contributed by atoms with van der Waals surface area (Å²) >= 11 is 0. The summed E-state index contributed by atoms with van der Waals surface area (Å²) in [5.41, 5.74) is 2.71. The quantitative estimate of drug-likeness (QED) is 0.395. The van der Waals surface area contributed by atoms with Crippen molar-refractivity contribution in [2.75, 3.05) is 32.5 Å². The van der Waals surface area contributed by atoms with E-state index in [0.717, 1.165) is 55.1 Å². The van der Waals surface area contributed by atoms with Crippen molar-refractivity contribution in [1.29, 1.82) is 0 Å². The Labute approximate surface area is 213 Å². The lowest BCUT2D eigenvalue weighted by Crippen LogP contribution is -2.44. The number of hydrogen-bond donors (Lipinski definition) is 3. The zero-order valence-electron chi connectivity index (χ0n) is 21.1. The molecule has 1 heterocycles. The van der Waals surface area contributed by atoms with Crippen LogP contribution < -0.4 is 16.0 Å². The third kappa shape index (κ3) is 6.17. The minimum absolute atomic E-state index is 0.136. The number of fused-ring (bicyclic) bond motifs is 1. The summed E-state index contributed by atoms with van der Waals surface area (Å²) < 4.78 is 0. The maximum absolute atomic E-state index is 13.0. The molecule has 0 unspecified atom stereocenters. The summed E-state index contributed by atoms with van der Waals surface area (Å²) in [5.74, 6) is -0.396. The molecule has 1 aliphatic carbocycles. The molecule has 0 radical (unpaired) electrons. The molecule has 0 aliphatic heterocycles. The van der Waals surface area contributed by atoms with E-state index in [2.05, 4.69) is 39.5 Å². The van der Waals surface area contributed by atoms with Crippen LogP contribution in [0.15, 0.2) is 67.3 Å². The van der Waals surface area contributed by atoms with E-state index in [1.165, 1.54) is 6.08 Å². The van der Waals surface area contributed by atoms with Crippen LogP contribution in [0.25, 0.3) is 22.0 Å². The topological polar surface area (TPSA) is 86.4 Å². The van der Waals surface area contributed by atoms with Crippen LogP contribution in [0.1, 0.15) is 36.2 Å². The van der Waals surface area contributed by atoms with Crippen molar-refractivity contribution in [2.24, 2.45) is 0 Å². The van der Waals surface area contributed by atoms with Gasteiger partial charge in [-0.3, -0.25) is 9.59 Å². The lowest BCUT2D eigenvalue weighted by molar-refractivity contribution is -0.111. The van der Waals surface area contributed by atoms with Gasteiger partial charge in [-0.15, -0.1) is 0 Å². The molecule has 7 heteroatoms. The number of carbonyl (C=O) groups is 2. The molecule has 1 fully saturated rings. The first-order chi connectivity index (χ1) is 17.5. The van der Waals surface area contributed by atoms with Crippen molar-refractivity contribution >= 4 is 28.3 Å². The average Bonchev–Trinajstić information content (AvgIpc) is 2.92. The number of rotatable bonds is 9. The number of amides is 2. The molecule has 0 bridgehead atoms. The van der Waals surface area contributed by atoms with Gasteiger partial charge in [-0.2, -0.15) is 0 Å². The summed E-state index contributed by atoms with van der Waals surface area (Å²) in [6, 6.07) is 18.0. The van der Waals surface area contributed by atoms with Crippen molar-refractivity contribution in [3.8, 4) is 11.3 Å². The highest BCUT2D eigenvalue weighted by atomic mass is 16.2. The zero-order valence-corrected chi connectivity index (χ0v) is 21.1. The maximum atomic E-state index is 13.0. The molecule has 188 valence electrons. The number of hydrogen-bond acceptors (Lipinski definition) is 5. The lowest BCUT2D eigenvalue weighted by Gasteiger charge is -2.35. The smallest absolute Gasteiger partial charge is 0.270 e. The molecule has 36 heavy (non-hydrogen) atoms. The Morgan fingerprint density at radius 1 is 1.08 bits per heavy atom. The molecule has 4 rings (SSSR count). The lowest BCUT2D eigenvalue weighted by atomic mass is 9.90. The first-order valence-electron chi connectivity index (χ1n) is 12.6. The Balaban J connectivity index is 1.45. The van der Waals surface area contributed by atoms with Gasteiger partial charge in [0.05, 0.1) is 5.69 Å². The average molecular weight is 486 g/mol. The number of nitrogens with one attached hydrogen (secondary N) is 3. The van der Waals surface area contributed by atoms with E-state index in [1.54, 1.807) is 6.07 Å². The van der Waals surface area contributed by atoms with Gasteiger partial charge in [0, 0.05) is 41.8 Å². The molecule has 3 N–H and O–H groups in total. The van der Waals surface area contributed by atoms with Crippen LogP contribution in [0.2, 0.25) is 0 Å². The fourth-order valence-corrected chi connectivity index (χ4v) is 4.84. The van der Waals surface area contributed by atoms with Gasteiger partial charge in [-0.05, 0) is 75.5 Å². The summed E-state index contributed by atoms with van der Waals surface area (Å²) in [6.45, 7) is 5.54. The van der Waals surface area contributed by atoms with E-state index in [9.17, 15) is 9.59 Å². The highest BCUT2D eigenvalue weighted by molar-refractivity contribution is 6.06. The van der Waals surface area contributed by atoms with Crippen LogP contribution >= 0.6 is 0 Å². The summed E-state index contributed by atoms with van der Waals surface area (Å²) in [6.07, 6.45) is 5.37. The zero-order chi connectivity index (χ0) is 25.5. The van der Waals surface area contributed by atoms with Crippen molar-refractivity contribution < 1.29 is 9.59 Å². The van der Waals surface area contributed by atoms with Crippen LogP contribution in [0.5, 0.6) is 0 Å². The van der Waals surface area contributed by atoms with Gasteiger partial charge >= 0.3 is 0 Å². The minimum Gasteiger partial charge on any atom is -0.348 e. The van der Waals surface area contributed by atoms with Crippen LogP contribution in [0.4, 0.5) is 5.69 Å². The van der Waals surface area contributed by atoms with Crippen molar-refractivity contribution in [1.82, 2.24) is 20.5 Å². The number of nitrogens with zero attached hydrogens (tertiary/aromatic N) is 2. The molecular weight excluding hydrogens is 450 g/mol. The normalized spacial score (nSPS) is 17.6. The van der Waals surface area contributed by atoms with E-state index >= 15 is 0 Å². The Morgan fingerprint density at radius 2 is 1.86 bits per heavy atom. The first kappa shape index (κ1) is 25.5. The van der Waals surface area contributed by atoms with Crippen LogP contribution in [-0.2, 0) is 4.79 Å². The van der Waals surface area contributed by atoms with Crippen molar-refractivity contribution in [3.63, 3.8) is 0 Å². The molecule has 2 amide bonds. The SMILES string of the molecule is C=CC(=O)Nc1cccc2ccc(-c3cccc(C(=O)NC4CCC(N(C)CCNC)CC4)n3)cc12. The van der Waals surface area contributed by atoms with Gasteiger partial charge in [0.15, 0.2) is 0 Å². The Bertz CT molecular complexity index is 1230. The van der Waals surface area contributed by atoms with E-state index < -0.39 is 0 Å². The molecule has 0 saturated heterocycles. The number of anilines is 1. The number of pyridine rings is 1. The van der Waals surface area contributed by atoms with Crippen molar-refractivity contribution in [2.45, 2.75) is 37.8 Å². The third-order valence-electron chi connectivity index (χ3n) is 6.97. The molecule has 1 aliphatic rings. The van der Waals surface area contributed by atoms with Crippen LogP contribution in [0.3, 0.4) is 0 Å². The molecule has 1 saturated carbocycles. The maximum Gasteiger partial charge on any atom is 0.270 e. The predicted octanol–water partition coefficient (Wildman–Crippen LogP) is 4.22. The van der Waals surface area contributed by atoms with Gasteiger partial charge in [0.1, 0.15) is 5.69 Å². The van der Waals surface area contributed by atoms with Gasteiger partial charge in [0.2, 0.25) is 5.91 Å². The number of carbonyl (C=O) groups excluding carboxylic acids is 2. The second-order valence-corrected chi connectivity index (χ2v) is 9.41. The van der Waals surface area contributed by atoms with Gasteiger partial charge in [-0.1, -0.05) is 36.9 Å². The molecule has 3 aromatic rings. The highest BCUT2D eigenvalue weighted by Gasteiger charge is 2.25. The highest BCUT2D eigenvalue weighted by Crippen LogP contribution is 2.29. The van der Waals surface area contributed by atoms with Gasteiger partial charge in [-0.25, -0.2) is 4.98 Å². The fraction of sp³-hybridized carbons (Fsp3) is 0.345. The summed E-state index contributed by atoms with van der Waals surface area (Å²) in [4.78, 5) is 32.0. The van der Waals surface area contributed by atoms with Gasteiger partial charge in [0.25, 0.3) is 5.91 Å². The molecule has 7 nitrogen and oxygen atoms in total. The number of likely N-dealkylation sites (N-methyl/N-ethyl adjacent to an activating group) is 2. The molecule has 0 spiro atoms. The van der Waals surface area contributed by atoms with E-state index in [-0.39, 0.29) is 17.9 Å². The van der Waals surface area contributed by atoms with E-state index in [0.29, 0.717) is 23.1 Å². The molecule has 2 aromatic carbocycles. The number of aromatic nitrogens is 1. The third-order valence-corrected chi connectivity index (χ3v) is 6.97. The molecule has 1 aromatic heterocycles. The minimum atomic E-state index is -0.261. The monoisotopic (exact) mass is 485 g/mol. The molecular formula is C29H35N5O2. The van der Waals surface area contributed by atoms with E-state index in [1.807, 2.05) is 55.6 Å². The fourth-order valence-electron chi connectivity index (χ4n) is 4.84. The van der Waals surface area contributed by atoms with E-state index in [4.69, 9.17) is 0 Å². The second kappa shape index (κ2) is 11.9. The predicted molar refractivity (Wildman–Crippen MR) is 146 cm³/mol. The largest absolute Gasteiger partial charge is 0.348 e. The standard InChI is InChI=1S/C29H35N5O2/c1-4-28(35)33-26-9-5-7-20-11-12-21(19-24(20)26)25-8-6-10-27(32-25)29(36)31-22-13-15-23(16-14-22)34(3)18-17-30-2/h4-12,19,22-23,30H,1,13-18H2,2-3H3,(H,31,36)(H,33,35). The summed E-state index contributed by atoms with van der Waals surface area (Å²) in [7, 11) is 4.16. The molecule has 0 atom stereocenters. The van der Waals surface area contributed by atoms with Gasteiger partial charge < -0.3 is 20.9 Å². The second-order valence-electron chi connectivity index (χ2n) is 9.41. The first-order valence-corrected chi connectivity index (χ1v) is 12.6. The Hall–Kier alpha value is -3.55. The Kier molecular flexibility index (Phi) is 8.46. The number of benzene rings is 2.